The molecule has 0 saturated carbocycles. The van der Waals surface area contributed by atoms with Gasteiger partial charge >= 0.3 is 5.97 Å². The summed E-state index contributed by atoms with van der Waals surface area (Å²) in [5.41, 5.74) is 0. The average Bonchev–Trinajstić information content (AvgIpc) is 2.97. The lowest BCUT2D eigenvalue weighted by Crippen LogP contribution is -2.65. The van der Waals surface area contributed by atoms with E-state index >= 15 is 0 Å². The fraction of sp³-hybridized carbons (Fsp3) is 0.967. The first-order valence-electron chi connectivity index (χ1n) is 15.9. The van der Waals surface area contributed by atoms with Crippen LogP contribution in [0, 0.1) is 0 Å². The fourth-order valence-electron chi connectivity index (χ4n) is 5.33. The van der Waals surface area contributed by atoms with E-state index in [1.807, 2.05) is 0 Å². The van der Waals surface area contributed by atoms with Gasteiger partial charge in [0.2, 0.25) is 0 Å². The van der Waals surface area contributed by atoms with Crippen molar-refractivity contribution in [2.75, 3.05) is 26.4 Å². The van der Waals surface area contributed by atoms with E-state index < -0.39 is 74.0 Å². The van der Waals surface area contributed by atoms with E-state index in [1.165, 1.54) is 19.8 Å². The third-order valence-corrected chi connectivity index (χ3v) is 7.81. The van der Waals surface area contributed by atoms with E-state index in [9.17, 15) is 30.3 Å². The smallest absolute Gasteiger partial charge is 0.302 e. The van der Waals surface area contributed by atoms with Crippen LogP contribution in [0.4, 0.5) is 0 Å². The molecule has 2 saturated heterocycles. The second-order valence-electron chi connectivity index (χ2n) is 11.4. The molecule has 5 N–H and O–H groups in total. The van der Waals surface area contributed by atoms with Crippen molar-refractivity contribution >= 4 is 5.97 Å². The van der Waals surface area contributed by atoms with Crippen molar-refractivity contribution in [3.8, 4) is 0 Å². The zero-order valence-electron chi connectivity index (χ0n) is 25.7. The lowest BCUT2D eigenvalue weighted by molar-refractivity contribution is -0.360. The van der Waals surface area contributed by atoms with Crippen LogP contribution in [-0.2, 0) is 33.2 Å². The number of carbonyl (C=O) groups is 1. The number of esters is 1. The minimum absolute atomic E-state index is 0.186. The van der Waals surface area contributed by atoms with Crippen LogP contribution in [0.1, 0.15) is 97.8 Å². The van der Waals surface area contributed by atoms with Gasteiger partial charge in [0.25, 0.3) is 0 Å². The Morgan fingerprint density at radius 3 is 1.76 bits per heavy atom. The topological polar surface area (TPSA) is 174 Å². The summed E-state index contributed by atoms with van der Waals surface area (Å²) < 4.78 is 34.8. The summed E-state index contributed by atoms with van der Waals surface area (Å²) in [4.78, 5) is 11.7. The van der Waals surface area contributed by atoms with Gasteiger partial charge in [-0.3, -0.25) is 4.79 Å². The van der Waals surface area contributed by atoms with Crippen molar-refractivity contribution in [3.63, 3.8) is 0 Å². The zero-order chi connectivity index (χ0) is 30.9. The van der Waals surface area contributed by atoms with Crippen LogP contribution < -0.4 is 0 Å². The molecule has 248 valence electrons. The first kappa shape index (κ1) is 37.3. The second kappa shape index (κ2) is 20.9. The third kappa shape index (κ3) is 12.2. The van der Waals surface area contributed by atoms with Gasteiger partial charge in [-0.25, -0.2) is 0 Å². The fourth-order valence-corrected chi connectivity index (χ4v) is 5.33. The molecule has 0 spiro atoms. The number of hydrogen-bond donors (Lipinski definition) is 5. The molecule has 2 aliphatic rings. The van der Waals surface area contributed by atoms with Gasteiger partial charge in [-0.15, -0.1) is 0 Å². The van der Waals surface area contributed by atoms with Crippen LogP contribution in [0.25, 0.3) is 0 Å². The van der Waals surface area contributed by atoms with Crippen molar-refractivity contribution < 1.29 is 58.7 Å². The first-order valence-corrected chi connectivity index (χ1v) is 15.9. The Hall–Kier alpha value is -0.930. The number of carbonyl (C=O) groups excluding carboxylic acids is 1. The molecule has 0 aromatic carbocycles. The molecule has 0 aliphatic carbocycles. The Balaban J connectivity index is 2.16. The zero-order valence-corrected chi connectivity index (χ0v) is 25.7. The van der Waals surface area contributed by atoms with Crippen LogP contribution in [0.3, 0.4) is 0 Å². The standard InChI is InChI=1S/C30H56O12/c1-4-6-8-10-12-14-16-37-27-22(19-39-20(3)32)41-30(25(35)28(27)38-17-15-13-11-9-7-5-2)42-26-21(18-31)40-29(36)24(34)23(26)33/h21-31,33-36H,4-19H2,1-3H3/t21-,22-,23-,24-,25-,26-,27+,28-,29-,30+/m1/s1. The molecule has 42 heavy (non-hydrogen) atoms. The van der Waals surface area contributed by atoms with Gasteiger partial charge in [0.05, 0.1) is 6.61 Å². The van der Waals surface area contributed by atoms with E-state index in [2.05, 4.69) is 13.8 Å². The summed E-state index contributed by atoms with van der Waals surface area (Å²) >= 11 is 0. The van der Waals surface area contributed by atoms with E-state index in [-0.39, 0.29) is 6.61 Å². The predicted octanol–water partition coefficient (Wildman–Crippen LogP) is 1.94. The molecular weight excluding hydrogens is 552 g/mol. The molecule has 2 rings (SSSR count). The summed E-state index contributed by atoms with van der Waals surface area (Å²) in [6.45, 7) is 5.55. The first-order chi connectivity index (χ1) is 20.2. The van der Waals surface area contributed by atoms with Crippen molar-refractivity contribution in [2.24, 2.45) is 0 Å². The molecule has 2 fully saturated rings. The minimum atomic E-state index is -1.72. The maximum Gasteiger partial charge on any atom is 0.302 e. The number of aliphatic hydroxyl groups is 5. The summed E-state index contributed by atoms with van der Waals surface area (Å²) in [6, 6.07) is 0. The molecule has 2 aliphatic heterocycles. The Labute approximate surface area is 250 Å². The van der Waals surface area contributed by atoms with E-state index in [0.29, 0.717) is 13.2 Å². The van der Waals surface area contributed by atoms with Gasteiger partial charge in [-0.05, 0) is 12.8 Å². The van der Waals surface area contributed by atoms with Crippen LogP contribution >= 0.6 is 0 Å². The summed E-state index contributed by atoms with van der Waals surface area (Å²) in [6.07, 6.45) is -0.215. The molecule has 12 nitrogen and oxygen atoms in total. The van der Waals surface area contributed by atoms with E-state index in [1.54, 1.807) is 0 Å². The highest BCUT2D eigenvalue weighted by Gasteiger charge is 2.52. The highest BCUT2D eigenvalue weighted by molar-refractivity contribution is 5.65. The van der Waals surface area contributed by atoms with E-state index in [4.69, 9.17) is 28.4 Å². The molecule has 12 heteroatoms. The molecule has 2 heterocycles. The van der Waals surface area contributed by atoms with Crippen LogP contribution in [0.2, 0.25) is 0 Å². The summed E-state index contributed by atoms with van der Waals surface area (Å²) in [7, 11) is 0. The molecule has 0 radical (unpaired) electrons. The highest BCUT2D eigenvalue weighted by atomic mass is 16.7. The normalized spacial score (nSPS) is 33.5. The molecule has 0 aromatic heterocycles. The molecule has 0 unspecified atom stereocenters. The largest absolute Gasteiger partial charge is 0.463 e. The van der Waals surface area contributed by atoms with Crippen LogP contribution in [0.15, 0.2) is 0 Å². The average molecular weight is 609 g/mol. The quantitative estimate of drug-likeness (QED) is 0.0948. The van der Waals surface area contributed by atoms with Gasteiger partial charge in [0, 0.05) is 20.1 Å². The highest BCUT2D eigenvalue weighted by Crippen LogP contribution is 2.31. The van der Waals surface area contributed by atoms with Crippen LogP contribution in [-0.4, -0.2) is 119 Å². The van der Waals surface area contributed by atoms with E-state index in [0.717, 1.165) is 64.2 Å². The number of ether oxygens (including phenoxy) is 6. The van der Waals surface area contributed by atoms with Gasteiger partial charge in [0.15, 0.2) is 12.6 Å². The number of aliphatic hydroxyl groups excluding tert-OH is 5. The SMILES string of the molecule is CCCCCCCCO[C@@H]1[C@@H](O)[C@H](O[C@H]2[C@H](O)[C@@H](O)[C@H](O)O[C@@H]2CO)O[C@H](COC(C)=O)[C@@H]1OCCCCCCCC. The van der Waals surface area contributed by atoms with Gasteiger partial charge in [0.1, 0.15) is 55.4 Å². The second-order valence-corrected chi connectivity index (χ2v) is 11.4. The van der Waals surface area contributed by atoms with Gasteiger partial charge < -0.3 is 54.0 Å². The number of rotatable bonds is 21. The summed E-state index contributed by atoms with van der Waals surface area (Å²) in [5, 5.41) is 51.7. The molecule has 10 atom stereocenters. The molecule has 0 amide bonds. The monoisotopic (exact) mass is 608 g/mol. The van der Waals surface area contributed by atoms with Gasteiger partial charge in [-0.1, -0.05) is 78.1 Å². The van der Waals surface area contributed by atoms with Crippen LogP contribution in [0.5, 0.6) is 0 Å². The maximum atomic E-state index is 11.7. The molecule has 0 bridgehead atoms. The minimum Gasteiger partial charge on any atom is -0.463 e. The molecular formula is C30H56O12. The van der Waals surface area contributed by atoms with Gasteiger partial charge in [-0.2, -0.15) is 0 Å². The third-order valence-electron chi connectivity index (χ3n) is 7.81. The Morgan fingerprint density at radius 2 is 1.21 bits per heavy atom. The Bertz CT molecular complexity index is 710. The van der Waals surface area contributed by atoms with Crippen molar-refractivity contribution in [3.05, 3.63) is 0 Å². The molecule has 0 aromatic rings. The maximum absolute atomic E-state index is 11.7. The number of hydrogen-bond acceptors (Lipinski definition) is 12. The van der Waals surface area contributed by atoms with Crippen molar-refractivity contribution in [1.29, 1.82) is 0 Å². The summed E-state index contributed by atoms with van der Waals surface area (Å²) in [5.74, 6) is -0.519. The van der Waals surface area contributed by atoms with Crippen molar-refractivity contribution in [1.82, 2.24) is 0 Å². The lowest BCUT2D eigenvalue weighted by atomic mass is 9.96. The van der Waals surface area contributed by atoms with Crippen molar-refractivity contribution in [2.45, 2.75) is 159 Å². The lowest BCUT2D eigenvalue weighted by Gasteiger charge is -2.47. The Kier molecular flexibility index (Phi) is 18.6. The number of unbranched alkanes of at least 4 members (excludes halogenated alkanes) is 10. The predicted molar refractivity (Wildman–Crippen MR) is 152 cm³/mol. The Morgan fingerprint density at radius 1 is 0.667 bits per heavy atom.